The number of halogens is 3. The van der Waals surface area contributed by atoms with Crippen LogP contribution in [-0.2, 0) is 11.3 Å². The van der Waals surface area contributed by atoms with Crippen molar-refractivity contribution in [1.82, 2.24) is 75.2 Å². The summed E-state index contributed by atoms with van der Waals surface area (Å²) in [5, 5.41) is 23.4. The molecule has 134 heavy (non-hydrogen) atoms. The van der Waals surface area contributed by atoms with E-state index in [-0.39, 0.29) is 29.2 Å². The van der Waals surface area contributed by atoms with Crippen LogP contribution in [0.5, 0.6) is 0 Å². The number of aryl methyl sites for hydroxylation is 4. The van der Waals surface area contributed by atoms with E-state index >= 15 is 0 Å². The third kappa shape index (κ3) is 26.5. The van der Waals surface area contributed by atoms with Crippen molar-refractivity contribution in [2.75, 3.05) is 160 Å². The smallest absolute Gasteiger partial charge is 0.256 e. The Hall–Kier alpha value is -13.9. The first kappa shape index (κ1) is 96.2. The number of morpholine rings is 1. The zero-order chi connectivity index (χ0) is 94.0. The number of benzene rings is 7. The van der Waals surface area contributed by atoms with Crippen LogP contribution in [0, 0.1) is 80.9 Å². The zero-order valence-corrected chi connectivity index (χ0v) is 77.8. The summed E-state index contributed by atoms with van der Waals surface area (Å²) in [7, 11) is 2.14. The van der Waals surface area contributed by atoms with Gasteiger partial charge in [-0.15, -0.1) is 0 Å². The van der Waals surface area contributed by atoms with Crippen LogP contribution < -0.4 is 44.2 Å². The molecular weight excluding hydrogens is 1720 g/mol. The summed E-state index contributed by atoms with van der Waals surface area (Å²) in [4.78, 5) is 83.9. The maximum absolute atomic E-state index is 14.6. The second kappa shape index (κ2) is 47.0. The van der Waals surface area contributed by atoms with Gasteiger partial charge in [0.1, 0.15) is 34.6 Å². The lowest BCUT2D eigenvalue weighted by Crippen LogP contribution is -2.46. The van der Waals surface area contributed by atoms with Gasteiger partial charge in [-0.2, -0.15) is 5.10 Å². The molecule has 7 aromatic carbocycles. The lowest BCUT2D eigenvalue weighted by molar-refractivity contribution is 0.0360. The van der Waals surface area contributed by atoms with Crippen LogP contribution in [0.4, 0.5) is 33.5 Å². The number of likely N-dealkylation sites (tertiary alicyclic amines) is 2. The van der Waals surface area contributed by atoms with E-state index in [9.17, 15) is 23.6 Å². The largest absolute Gasteiger partial charge is 0.384 e. The number of likely N-dealkylation sites (N-methyl/N-ethyl adjacent to an activating group) is 1. The number of carbonyl (C=O) groups is 4. The Balaban J connectivity index is 0.000000144. The standard InChI is InChI=1S/C28H27FN6O2.C27H29ClN4O.C26H28ClN5O.C25H27N5O/c1-19-2-3-21(28(36)32-27-8-9-35(33-27)11-10-34-12-14-37-15-13-34)16-20(19)4-6-23-24-17-26(30)31-18-22(24)5-7-25(23)29;1-19-6-7-21(27(33)30-12-5-15-32-13-3-2-4-14-32)16-20(19)9-11-24-25-17-23(28)10-8-22(25)18-31-26(24)29;1-18-3-4-20(26(33)29-9-10-32-13-11-31(2)12-14-32)15-19(18)6-8-23-24-16-22(27)7-5-21(24)17-30-25(23)28;1-18-7-8-20(25(31)28-12-15-30-13-3-2-4-14-30)16-19(18)9-10-21-17-29-24(26)23-22(21)6-5-11-27-23/h2-3,5,7-9,16-18H,10-15H2,1H3,(H2,30,31)(H,32,33,36);6-8,10,16-18H,2-5,12-15H2,1H3,(H2,29,31)(H,30,33);3-5,7,15-17H,9-14H2,1-2H3,(H2,28,30)(H,29,33);5-8,11,16-17H,2-4,12-15H2,1H3,(H2,26,29)(H,28,31). The Labute approximate surface area is 791 Å². The van der Waals surface area contributed by atoms with E-state index in [4.69, 9.17) is 50.9 Å². The SMILES string of the molecule is Cc1ccc(C(=O)NCCCN2CCCCC2)cc1C#Cc1c(N)ncc2ccc(Cl)cc12.Cc1ccc(C(=O)NCCN2CCCCC2)cc1C#Cc1cnc(N)c2ncccc12.Cc1ccc(C(=O)NCCN2CCN(C)CC2)cc1C#Cc1c(N)ncc2ccc(Cl)cc12.Cc1ccc(C(=O)Nc2ccn(CCN3CCOCC3)n2)cc1C#Cc1c(F)ccc2cnc(N)cc12. The number of nitrogens with one attached hydrogen (secondary N) is 4. The maximum atomic E-state index is 14.6. The van der Waals surface area contributed by atoms with Crippen LogP contribution in [-0.4, -0.2) is 214 Å². The molecule has 25 nitrogen and oxygen atoms in total. The average Bonchev–Trinajstić information content (AvgIpc) is 1.03. The molecule has 0 spiro atoms. The van der Waals surface area contributed by atoms with Gasteiger partial charge in [-0.3, -0.25) is 38.6 Å². The number of piperazine rings is 1. The molecule has 4 amide bonds. The Morgan fingerprint density at radius 3 is 1.38 bits per heavy atom. The van der Waals surface area contributed by atoms with Crippen LogP contribution >= 0.6 is 23.2 Å². The molecule has 17 rings (SSSR count). The summed E-state index contributed by atoms with van der Waals surface area (Å²) < 4.78 is 21.8. The van der Waals surface area contributed by atoms with Crippen molar-refractivity contribution in [3.63, 3.8) is 0 Å². The Kier molecular flexibility index (Phi) is 33.7. The number of aromatic nitrogens is 7. The van der Waals surface area contributed by atoms with Crippen LogP contribution in [0.25, 0.3) is 43.2 Å². The monoisotopic (exact) mass is 1830 g/mol. The molecule has 12 N–H and O–H groups in total. The topological polar surface area (TPSA) is 328 Å². The van der Waals surface area contributed by atoms with E-state index in [1.165, 1.54) is 57.7 Å². The molecule has 0 atom stereocenters. The summed E-state index contributed by atoms with van der Waals surface area (Å²) in [5.74, 6) is 25.9. The predicted octanol–water partition coefficient (Wildman–Crippen LogP) is 14.5. The van der Waals surface area contributed by atoms with E-state index in [1.807, 2.05) is 148 Å². The molecule has 4 aliphatic heterocycles. The van der Waals surface area contributed by atoms with Gasteiger partial charge in [0.25, 0.3) is 23.6 Å². The highest BCUT2D eigenvalue weighted by Crippen LogP contribution is 2.30. The molecule has 686 valence electrons. The quantitative estimate of drug-likeness (QED) is 0.0292. The van der Waals surface area contributed by atoms with Gasteiger partial charge in [0.2, 0.25) is 0 Å². The third-order valence-corrected chi connectivity index (χ3v) is 24.6. The highest BCUT2D eigenvalue weighted by molar-refractivity contribution is 6.32. The Morgan fingerprint density at radius 2 is 0.851 bits per heavy atom. The Bertz CT molecular complexity index is 6720. The molecule has 10 heterocycles. The summed E-state index contributed by atoms with van der Waals surface area (Å²) in [5.41, 5.74) is 36.0. The van der Waals surface area contributed by atoms with Crippen LogP contribution in [0.2, 0.25) is 10.0 Å². The molecule has 0 radical (unpaired) electrons. The first-order valence-corrected chi connectivity index (χ1v) is 46.1. The van der Waals surface area contributed by atoms with Crippen LogP contribution in [0.15, 0.2) is 183 Å². The molecule has 13 aromatic rings. The number of carbonyl (C=O) groups excluding carboxylic acids is 4. The molecule has 0 bridgehead atoms. The third-order valence-electron chi connectivity index (χ3n) is 24.1. The number of nitrogens with two attached hydrogens (primary N) is 4. The van der Waals surface area contributed by atoms with Gasteiger partial charge in [-0.1, -0.05) is 120 Å². The number of pyridine rings is 5. The van der Waals surface area contributed by atoms with Crippen molar-refractivity contribution in [3.8, 4) is 47.4 Å². The maximum Gasteiger partial charge on any atom is 0.256 e. The fraction of sp³-hybridized carbons (Fsp3) is 0.302. The second-order valence-corrected chi connectivity index (χ2v) is 34.6. The van der Waals surface area contributed by atoms with Gasteiger partial charge >= 0.3 is 0 Å². The van der Waals surface area contributed by atoms with Crippen LogP contribution in [0.3, 0.4) is 0 Å². The number of nitrogen functional groups attached to an aromatic ring is 4. The minimum Gasteiger partial charge on any atom is -0.384 e. The van der Waals surface area contributed by atoms with E-state index in [2.05, 4.69) is 130 Å². The molecule has 4 aliphatic rings. The number of hydrogen-bond acceptors (Lipinski definition) is 20. The minimum absolute atomic E-state index is 0.0659. The first-order chi connectivity index (χ1) is 65.0. The van der Waals surface area contributed by atoms with Gasteiger partial charge in [0, 0.05) is 214 Å². The number of fused-ring (bicyclic) bond motifs is 4. The number of rotatable bonds is 18. The van der Waals surface area contributed by atoms with Gasteiger partial charge in [-0.05, 0) is 225 Å². The molecule has 4 fully saturated rings. The van der Waals surface area contributed by atoms with Crippen molar-refractivity contribution < 1.29 is 28.3 Å². The number of hydrogen-bond donors (Lipinski definition) is 8. The predicted molar refractivity (Wildman–Crippen MR) is 535 cm³/mol. The van der Waals surface area contributed by atoms with Crippen molar-refractivity contribution in [2.45, 2.75) is 79.2 Å². The van der Waals surface area contributed by atoms with Crippen molar-refractivity contribution in [3.05, 3.63) is 288 Å². The number of piperidine rings is 2. The highest BCUT2D eigenvalue weighted by Gasteiger charge is 2.21. The fourth-order valence-electron chi connectivity index (χ4n) is 16.0. The van der Waals surface area contributed by atoms with Crippen molar-refractivity contribution in [1.29, 1.82) is 0 Å². The fourth-order valence-corrected chi connectivity index (χ4v) is 16.4. The minimum atomic E-state index is -0.443. The van der Waals surface area contributed by atoms with E-state index in [0.717, 1.165) is 182 Å². The first-order valence-electron chi connectivity index (χ1n) is 45.4. The second-order valence-electron chi connectivity index (χ2n) is 33.8. The lowest BCUT2D eigenvalue weighted by atomic mass is 10.0. The van der Waals surface area contributed by atoms with E-state index in [0.29, 0.717) is 109 Å². The number of ether oxygens (including phenoxy) is 1. The molecule has 4 saturated heterocycles. The van der Waals surface area contributed by atoms with E-state index < -0.39 is 5.82 Å². The summed E-state index contributed by atoms with van der Waals surface area (Å²) >= 11 is 12.4. The zero-order valence-electron chi connectivity index (χ0n) is 76.3. The highest BCUT2D eigenvalue weighted by atomic mass is 35.5. The van der Waals surface area contributed by atoms with E-state index in [1.54, 1.807) is 61.3 Å². The summed E-state index contributed by atoms with van der Waals surface area (Å²) in [6.07, 6.45) is 18.9. The number of nitrogens with zero attached hydrogens (tertiary/aromatic N) is 12. The van der Waals surface area contributed by atoms with Gasteiger partial charge in [0.05, 0.1) is 42.0 Å². The molecule has 0 saturated carbocycles. The molecule has 0 unspecified atom stereocenters. The number of amides is 4. The molecular formula is C106H111Cl2FN20O5. The van der Waals surface area contributed by atoms with Crippen molar-refractivity contribution in [2.24, 2.45) is 0 Å². The van der Waals surface area contributed by atoms with Crippen molar-refractivity contribution >= 4 is 119 Å². The van der Waals surface area contributed by atoms with Gasteiger partial charge in [-0.25, -0.2) is 24.3 Å². The van der Waals surface area contributed by atoms with Gasteiger partial charge in [0.15, 0.2) is 5.82 Å². The lowest BCUT2D eigenvalue weighted by Gasteiger charge is -2.32. The molecule has 0 aliphatic carbocycles. The summed E-state index contributed by atoms with van der Waals surface area (Å²) in [6, 6.07) is 43.4. The number of anilines is 5. The molecule has 28 heteroatoms. The normalized spacial score (nSPS) is 14.1. The average molecular weight is 1840 g/mol. The van der Waals surface area contributed by atoms with Crippen LogP contribution in [0.1, 0.15) is 153 Å². The Morgan fingerprint density at radius 1 is 0.410 bits per heavy atom. The molecule has 6 aromatic heterocycles. The summed E-state index contributed by atoms with van der Waals surface area (Å²) in [6.45, 7) is 26.3. The van der Waals surface area contributed by atoms with Gasteiger partial charge < -0.3 is 63.6 Å².